The Balaban J connectivity index is 0.861. The van der Waals surface area contributed by atoms with Crippen molar-refractivity contribution in [3.63, 3.8) is 0 Å². The first-order chi connectivity index (χ1) is 32.5. The van der Waals surface area contributed by atoms with E-state index < -0.39 is 0 Å². The summed E-state index contributed by atoms with van der Waals surface area (Å²) in [6, 6.07) is 80.8. The number of anilines is 3. The highest BCUT2D eigenvalue weighted by atomic mass is 16.3. The molecule has 312 valence electrons. The summed E-state index contributed by atoms with van der Waals surface area (Å²) in [7, 11) is 0. The number of benzene rings is 10. The molecule has 3 heteroatoms. The van der Waals surface area contributed by atoms with Gasteiger partial charge < -0.3 is 13.7 Å². The molecule has 12 aromatic rings. The van der Waals surface area contributed by atoms with Gasteiger partial charge in [0.2, 0.25) is 0 Å². The van der Waals surface area contributed by atoms with Crippen molar-refractivity contribution in [1.82, 2.24) is 0 Å². The van der Waals surface area contributed by atoms with Crippen molar-refractivity contribution in [1.29, 1.82) is 0 Å². The number of hydrogen-bond donors (Lipinski definition) is 0. The van der Waals surface area contributed by atoms with Crippen LogP contribution in [0.15, 0.2) is 233 Å². The van der Waals surface area contributed by atoms with Crippen LogP contribution in [0.4, 0.5) is 17.1 Å². The van der Waals surface area contributed by atoms with Gasteiger partial charge in [0.25, 0.3) is 0 Å². The van der Waals surface area contributed by atoms with E-state index in [1.54, 1.807) is 0 Å². The first kappa shape index (κ1) is 38.1. The molecular formula is C63H43NO2. The highest BCUT2D eigenvalue weighted by molar-refractivity contribution is 6.11. The van der Waals surface area contributed by atoms with Gasteiger partial charge >= 0.3 is 0 Å². The second kappa shape index (κ2) is 14.8. The third kappa shape index (κ3) is 6.04. The monoisotopic (exact) mass is 845 g/mol. The summed E-state index contributed by atoms with van der Waals surface area (Å²) in [6.07, 6.45) is 0. The number of nitrogens with zero attached hydrogens (tertiary/aromatic N) is 1. The molecule has 2 aromatic heterocycles. The third-order valence-corrected chi connectivity index (χ3v) is 13.9. The molecule has 0 saturated carbocycles. The van der Waals surface area contributed by atoms with E-state index in [0.717, 1.165) is 77.6 Å². The maximum atomic E-state index is 6.47. The molecule has 0 radical (unpaired) electrons. The minimum Gasteiger partial charge on any atom is -0.455 e. The van der Waals surface area contributed by atoms with Crippen LogP contribution < -0.4 is 4.90 Å². The van der Waals surface area contributed by atoms with E-state index in [4.69, 9.17) is 8.83 Å². The van der Waals surface area contributed by atoms with Crippen LogP contribution in [0.5, 0.6) is 0 Å². The van der Waals surface area contributed by atoms with Crippen molar-refractivity contribution in [2.75, 3.05) is 4.90 Å². The Hall–Kier alpha value is -8.40. The van der Waals surface area contributed by atoms with Crippen LogP contribution in [-0.2, 0) is 5.41 Å². The van der Waals surface area contributed by atoms with Gasteiger partial charge in [-0.15, -0.1) is 0 Å². The molecule has 0 saturated heterocycles. The van der Waals surface area contributed by atoms with Gasteiger partial charge in [0.15, 0.2) is 0 Å². The van der Waals surface area contributed by atoms with E-state index in [9.17, 15) is 0 Å². The van der Waals surface area contributed by atoms with E-state index in [1.807, 2.05) is 18.2 Å². The molecule has 0 atom stereocenters. The quantitative estimate of drug-likeness (QED) is 0.160. The zero-order valence-electron chi connectivity index (χ0n) is 36.6. The zero-order chi connectivity index (χ0) is 43.9. The van der Waals surface area contributed by atoms with Crippen LogP contribution in [0.2, 0.25) is 0 Å². The Morgan fingerprint density at radius 3 is 1.47 bits per heavy atom. The Morgan fingerprint density at radius 1 is 0.303 bits per heavy atom. The minimum atomic E-state index is -0.159. The van der Waals surface area contributed by atoms with Gasteiger partial charge in [-0.2, -0.15) is 0 Å². The molecule has 1 aliphatic carbocycles. The van der Waals surface area contributed by atoms with E-state index in [1.165, 1.54) is 50.1 Å². The summed E-state index contributed by atoms with van der Waals surface area (Å²) in [5.74, 6) is 0. The van der Waals surface area contributed by atoms with Gasteiger partial charge in [0, 0.05) is 55.1 Å². The Kier molecular flexibility index (Phi) is 8.56. The highest BCUT2D eigenvalue weighted by Crippen LogP contribution is 2.51. The second-order valence-corrected chi connectivity index (χ2v) is 18.1. The van der Waals surface area contributed by atoms with E-state index in [-0.39, 0.29) is 5.41 Å². The molecule has 10 aromatic carbocycles. The average molecular weight is 846 g/mol. The van der Waals surface area contributed by atoms with Crippen LogP contribution >= 0.6 is 0 Å². The van der Waals surface area contributed by atoms with Crippen molar-refractivity contribution < 1.29 is 8.83 Å². The predicted octanol–water partition coefficient (Wildman–Crippen LogP) is 17.9. The topological polar surface area (TPSA) is 29.5 Å². The fourth-order valence-electron chi connectivity index (χ4n) is 10.5. The lowest BCUT2D eigenvalue weighted by atomic mass is 9.81. The van der Waals surface area contributed by atoms with Gasteiger partial charge in [-0.3, -0.25) is 0 Å². The van der Waals surface area contributed by atoms with E-state index in [0.29, 0.717) is 0 Å². The number of furan rings is 2. The summed E-state index contributed by atoms with van der Waals surface area (Å²) < 4.78 is 12.9. The van der Waals surface area contributed by atoms with Gasteiger partial charge in [-0.05, 0) is 116 Å². The van der Waals surface area contributed by atoms with Crippen molar-refractivity contribution in [2.24, 2.45) is 0 Å². The molecule has 3 nitrogen and oxygen atoms in total. The molecule has 0 bridgehead atoms. The van der Waals surface area contributed by atoms with Crippen LogP contribution in [-0.4, -0.2) is 0 Å². The Morgan fingerprint density at radius 2 is 0.803 bits per heavy atom. The van der Waals surface area contributed by atoms with E-state index in [2.05, 4.69) is 225 Å². The SMILES string of the molecule is CC1(C)c2ccc(-c3ccc(N(c4ccc(-c5cccc6c5oc5ccccc56)cc4)c4cccc(-c5ccccc5)c4)cc3)cc2-c2ccc(-c3cccc4c3oc3ccccc34)cc21. The van der Waals surface area contributed by atoms with Gasteiger partial charge in [0.05, 0.1) is 0 Å². The van der Waals surface area contributed by atoms with Gasteiger partial charge in [-0.1, -0.05) is 178 Å². The summed E-state index contributed by atoms with van der Waals surface area (Å²) in [4.78, 5) is 2.35. The number of rotatable bonds is 7. The molecule has 0 N–H and O–H groups in total. The maximum Gasteiger partial charge on any atom is 0.143 e. The van der Waals surface area contributed by atoms with Crippen molar-refractivity contribution in [2.45, 2.75) is 19.3 Å². The Labute approximate surface area is 383 Å². The second-order valence-electron chi connectivity index (χ2n) is 18.1. The first-order valence-electron chi connectivity index (χ1n) is 22.7. The first-order valence-corrected chi connectivity index (χ1v) is 22.7. The predicted molar refractivity (Wildman–Crippen MR) is 275 cm³/mol. The molecule has 0 aliphatic heterocycles. The number of hydrogen-bond acceptors (Lipinski definition) is 3. The minimum absolute atomic E-state index is 0.159. The summed E-state index contributed by atoms with van der Waals surface area (Å²) in [5, 5.41) is 4.56. The number of fused-ring (bicyclic) bond motifs is 9. The molecule has 0 amide bonds. The normalized spacial score (nSPS) is 12.8. The van der Waals surface area contributed by atoms with E-state index >= 15 is 0 Å². The molecular weight excluding hydrogens is 803 g/mol. The molecule has 1 aliphatic rings. The largest absolute Gasteiger partial charge is 0.455 e. The van der Waals surface area contributed by atoms with Crippen molar-refractivity contribution in [3.05, 3.63) is 236 Å². The lowest BCUT2D eigenvalue weighted by Gasteiger charge is -2.26. The smallest absolute Gasteiger partial charge is 0.143 e. The standard InChI is InChI=1S/C63H43NO2/c1-63(2)57-36-30-44(38-56(57)51-35-29-45(39-58(51)63)50-20-12-22-55-53-18-7-9-24-60(53)66-62(50)55)41-25-31-46(32-26-41)64(48-16-10-15-43(37-48)40-13-4-3-5-14-40)47-33-27-42(28-34-47)49-19-11-21-54-52-17-6-8-23-59(52)65-61(49)54/h3-39H,1-2H3. The Bertz CT molecular complexity index is 3830. The highest BCUT2D eigenvalue weighted by Gasteiger charge is 2.36. The lowest BCUT2D eigenvalue weighted by Crippen LogP contribution is -2.15. The molecule has 0 unspecified atom stereocenters. The molecule has 66 heavy (non-hydrogen) atoms. The molecule has 13 rings (SSSR count). The third-order valence-electron chi connectivity index (χ3n) is 13.9. The fraction of sp³-hybridized carbons (Fsp3) is 0.0476. The van der Waals surface area contributed by atoms with Crippen molar-refractivity contribution >= 4 is 60.9 Å². The van der Waals surface area contributed by atoms with Crippen LogP contribution in [0, 0.1) is 0 Å². The molecule has 0 fully saturated rings. The number of para-hydroxylation sites is 4. The van der Waals surface area contributed by atoms with Crippen molar-refractivity contribution in [3.8, 4) is 55.6 Å². The molecule has 0 spiro atoms. The van der Waals surface area contributed by atoms with Gasteiger partial charge in [0.1, 0.15) is 22.3 Å². The van der Waals surface area contributed by atoms with Crippen LogP contribution in [0.25, 0.3) is 99.5 Å². The maximum absolute atomic E-state index is 6.47. The average Bonchev–Trinajstić information content (AvgIpc) is 4.02. The molecule has 2 heterocycles. The zero-order valence-corrected chi connectivity index (χ0v) is 36.6. The van der Waals surface area contributed by atoms with Crippen LogP contribution in [0.3, 0.4) is 0 Å². The fourth-order valence-corrected chi connectivity index (χ4v) is 10.5. The summed E-state index contributed by atoms with van der Waals surface area (Å²) in [5.41, 5.74) is 21.2. The van der Waals surface area contributed by atoms with Gasteiger partial charge in [-0.25, -0.2) is 0 Å². The summed E-state index contributed by atoms with van der Waals surface area (Å²) >= 11 is 0. The lowest BCUT2D eigenvalue weighted by molar-refractivity contribution is 0.660. The van der Waals surface area contributed by atoms with Crippen LogP contribution in [0.1, 0.15) is 25.0 Å². The summed E-state index contributed by atoms with van der Waals surface area (Å²) in [6.45, 7) is 4.70.